The van der Waals surface area contributed by atoms with Crippen molar-refractivity contribution >= 4 is 29.4 Å². The Bertz CT molecular complexity index is 1470. The lowest BCUT2D eigenvalue weighted by molar-refractivity contribution is -0.139. The standard InChI is InChI=1S/C25H21FN2O5S/c1-4-32-24(31)21-14(2)27-25-28(22(21)17-7-9-18(26)10-8-17)23(30)20(34-25)13-16-5-11-19(12-6-16)33-15(3)29/h5-13,22H,4H2,1-3H3/b20-13-/t22-/m0/s1. The molecule has 0 unspecified atom stereocenters. The van der Waals surface area contributed by atoms with Crippen molar-refractivity contribution in [3.63, 3.8) is 0 Å². The summed E-state index contributed by atoms with van der Waals surface area (Å²) >= 11 is 1.19. The molecule has 0 bridgehead atoms. The Hall–Kier alpha value is -3.85. The molecular weight excluding hydrogens is 459 g/mol. The van der Waals surface area contributed by atoms with Crippen molar-refractivity contribution in [1.82, 2.24) is 4.57 Å². The Morgan fingerprint density at radius 2 is 1.82 bits per heavy atom. The van der Waals surface area contributed by atoms with E-state index < -0.39 is 23.8 Å². The summed E-state index contributed by atoms with van der Waals surface area (Å²) < 4.78 is 25.7. The normalized spacial score (nSPS) is 15.5. The summed E-state index contributed by atoms with van der Waals surface area (Å²) in [5, 5.41) is 0. The summed E-state index contributed by atoms with van der Waals surface area (Å²) in [6.45, 7) is 4.87. The van der Waals surface area contributed by atoms with E-state index in [2.05, 4.69) is 4.99 Å². The number of esters is 2. The van der Waals surface area contributed by atoms with Gasteiger partial charge in [-0.1, -0.05) is 35.6 Å². The quantitative estimate of drug-likeness (QED) is 0.414. The zero-order valence-electron chi connectivity index (χ0n) is 18.7. The van der Waals surface area contributed by atoms with E-state index >= 15 is 0 Å². The van der Waals surface area contributed by atoms with E-state index in [1.165, 1.54) is 35.0 Å². The SMILES string of the molecule is CCOC(=O)C1=C(C)N=c2s/c(=C\c3ccc(OC(C)=O)cc3)c(=O)n2[C@H]1c1ccc(F)cc1. The topological polar surface area (TPSA) is 87.0 Å². The molecule has 1 aliphatic rings. The van der Waals surface area contributed by atoms with Crippen LogP contribution in [0.2, 0.25) is 0 Å². The summed E-state index contributed by atoms with van der Waals surface area (Å²) in [7, 11) is 0. The molecule has 0 saturated heterocycles. The molecule has 34 heavy (non-hydrogen) atoms. The molecule has 7 nitrogen and oxygen atoms in total. The first-order valence-corrected chi connectivity index (χ1v) is 11.3. The number of nitrogens with zero attached hydrogens (tertiary/aromatic N) is 2. The Kier molecular flexibility index (Phi) is 6.56. The van der Waals surface area contributed by atoms with Gasteiger partial charge in [-0.15, -0.1) is 0 Å². The molecule has 3 aromatic rings. The molecule has 0 saturated carbocycles. The minimum absolute atomic E-state index is 0.166. The number of ether oxygens (including phenoxy) is 2. The summed E-state index contributed by atoms with van der Waals surface area (Å²) in [6, 6.07) is 11.6. The number of allylic oxidation sites excluding steroid dienone is 1. The van der Waals surface area contributed by atoms with Crippen molar-refractivity contribution in [3.8, 4) is 5.75 Å². The maximum Gasteiger partial charge on any atom is 0.338 e. The van der Waals surface area contributed by atoms with Gasteiger partial charge in [0, 0.05) is 6.92 Å². The van der Waals surface area contributed by atoms with Crippen molar-refractivity contribution in [1.29, 1.82) is 0 Å². The molecule has 174 valence electrons. The Morgan fingerprint density at radius 1 is 1.15 bits per heavy atom. The number of thiazole rings is 1. The van der Waals surface area contributed by atoms with Crippen molar-refractivity contribution in [3.05, 3.63) is 96.4 Å². The van der Waals surface area contributed by atoms with Crippen LogP contribution in [-0.2, 0) is 14.3 Å². The van der Waals surface area contributed by atoms with Crippen molar-refractivity contribution in [2.45, 2.75) is 26.8 Å². The van der Waals surface area contributed by atoms with Gasteiger partial charge in [-0.25, -0.2) is 14.2 Å². The first-order chi connectivity index (χ1) is 16.3. The lowest BCUT2D eigenvalue weighted by Crippen LogP contribution is -2.39. The fourth-order valence-electron chi connectivity index (χ4n) is 3.70. The van der Waals surface area contributed by atoms with Gasteiger partial charge in [0.25, 0.3) is 5.56 Å². The van der Waals surface area contributed by atoms with Crippen molar-refractivity contribution in [2.75, 3.05) is 6.61 Å². The number of benzene rings is 2. The molecule has 0 aliphatic carbocycles. The molecule has 0 spiro atoms. The van der Waals surface area contributed by atoms with E-state index in [1.54, 1.807) is 56.3 Å². The highest BCUT2D eigenvalue weighted by Gasteiger charge is 2.33. The Balaban J connectivity index is 1.86. The minimum atomic E-state index is -0.801. The molecule has 1 aromatic heterocycles. The van der Waals surface area contributed by atoms with Crippen LogP contribution >= 0.6 is 11.3 Å². The van der Waals surface area contributed by atoms with Crippen LogP contribution < -0.4 is 19.6 Å². The van der Waals surface area contributed by atoms with Crippen LogP contribution in [0.3, 0.4) is 0 Å². The van der Waals surface area contributed by atoms with Gasteiger partial charge in [-0.05, 0) is 55.3 Å². The molecule has 1 aliphatic heterocycles. The summed E-state index contributed by atoms with van der Waals surface area (Å²) in [4.78, 5) is 42.3. The fourth-order valence-corrected chi connectivity index (χ4v) is 4.75. The van der Waals surface area contributed by atoms with Crippen LogP contribution in [0.1, 0.15) is 37.9 Å². The molecule has 2 heterocycles. The van der Waals surface area contributed by atoms with Crippen LogP contribution in [0.25, 0.3) is 6.08 Å². The van der Waals surface area contributed by atoms with E-state index in [1.807, 2.05) is 0 Å². The van der Waals surface area contributed by atoms with Crippen LogP contribution in [0.15, 0.2) is 69.6 Å². The minimum Gasteiger partial charge on any atom is -0.463 e. The molecule has 0 N–H and O–H groups in total. The van der Waals surface area contributed by atoms with Crippen molar-refractivity contribution in [2.24, 2.45) is 4.99 Å². The number of hydrogen-bond acceptors (Lipinski definition) is 7. The Labute approximate surface area is 198 Å². The van der Waals surface area contributed by atoms with Gasteiger partial charge in [-0.3, -0.25) is 14.2 Å². The molecule has 0 fully saturated rings. The average molecular weight is 481 g/mol. The fraction of sp³-hybridized carbons (Fsp3) is 0.200. The zero-order valence-corrected chi connectivity index (χ0v) is 19.5. The Morgan fingerprint density at radius 3 is 2.44 bits per heavy atom. The van der Waals surface area contributed by atoms with Crippen LogP contribution in [-0.4, -0.2) is 23.1 Å². The second-order valence-corrected chi connectivity index (χ2v) is 8.53. The van der Waals surface area contributed by atoms with Crippen molar-refractivity contribution < 1.29 is 23.5 Å². The number of carbonyl (C=O) groups excluding carboxylic acids is 2. The molecule has 0 amide bonds. The van der Waals surface area contributed by atoms with E-state index in [4.69, 9.17) is 9.47 Å². The van der Waals surface area contributed by atoms with Crippen LogP contribution in [0.4, 0.5) is 4.39 Å². The smallest absolute Gasteiger partial charge is 0.338 e. The highest BCUT2D eigenvalue weighted by Crippen LogP contribution is 2.30. The van der Waals surface area contributed by atoms with Gasteiger partial charge in [-0.2, -0.15) is 0 Å². The second-order valence-electron chi connectivity index (χ2n) is 7.52. The highest BCUT2D eigenvalue weighted by atomic mass is 32.1. The lowest BCUT2D eigenvalue weighted by Gasteiger charge is -2.24. The lowest BCUT2D eigenvalue weighted by atomic mass is 9.96. The van der Waals surface area contributed by atoms with Gasteiger partial charge in [0.2, 0.25) is 0 Å². The first kappa shape index (κ1) is 23.3. The number of carbonyl (C=O) groups is 2. The predicted octanol–water partition coefficient (Wildman–Crippen LogP) is 2.86. The third-order valence-electron chi connectivity index (χ3n) is 5.14. The first-order valence-electron chi connectivity index (χ1n) is 10.5. The maximum absolute atomic E-state index is 13.6. The monoisotopic (exact) mass is 480 g/mol. The van der Waals surface area contributed by atoms with Gasteiger partial charge < -0.3 is 9.47 Å². The average Bonchev–Trinajstić information content (AvgIpc) is 3.09. The number of rotatable bonds is 5. The maximum atomic E-state index is 13.6. The van der Waals surface area contributed by atoms with Gasteiger partial charge in [0.1, 0.15) is 11.6 Å². The number of fused-ring (bicyclic) bond motifs is 1. The van der Waals surface area contributed by atoms with Gasteiger partial charge in [0.05, 0.1) is 28.5 Å². The summed E-state index contributed by atoms with van der Waals surface area (Å²) in [5.74, 6) is -1.02. The van der Waals surface area contributed by atoms with E-state index in [0.29, 0.717) is 26.3 Å². The van der Waals surface area contributed by atoms with E-state index in [0.717, 1.165) is 5.56 Å². The van der Waals surface area contributed by atoms with Crippen LogP contribution in [0, 0.1) is 5.82 Å². The molecule has 9 heteroatoms. The van der Waals surface area contributed by atoms with Crippen LogP contribution in [0.5, 0.6) is 5.75 Å². The van der Waals surface area contributed by atoms with E-state index in [-0.39, 0.29) is 17.7 Å². The summed E-state index contributed by atoms with van der Waals surface area (Å²) in [6.07, 6.45) is 1.70. The molecule has 4 rings (SSSR count). The number of hydrogen-bond donors (Lipinski definition) is 0. The summed E-state index contributed by atoms with van der Waals surface area (Å²) in [5.41, 5.74) is 1.62. The van der Waals surface area contributed by atoms with Gasteiger partial charge >= 0.3 is 11.9 Å². The second kappa shape index (κ2) is 9.56. The molecule has 2 aromatic carbocycles. The van der Waals surface area contributed by atoms with Gasteiger partial charge in [0.15, 0.2) is 4.80 Å². The molecule has 0 radical (unpaired) electrons. The molecule has 1 atom stereocenters. The number of aromatic nitrogens is 1. The third kappa shape index (κ3) is 4.60. The molecular formula is C25H21FN2O5S. The number of halogens is 1. The third-order valence-corrected chi connectivity index (χ3v) is 6.13. The van der Waals surface area contributed by atoms with E-state index in [9.17, 15) is 18.8 Å². The highest BCUT2D eigenvalue weighted by molar-refractivity contribution is 7.07. The zero-order chi connectivity index (χ0) is 24.4. The largest absolute Gasteiger partial charge is 0.463 e. The predicted molar refractivity (Wildman–Crippen MR) is 125 cm³/mol.